The number of nitrogens with zero attached hydrogens (tertiary/aromatic N) is 3. The van der Waals surface area contributed by atoms with Gasteiger partial charge in [-0.25, -0.2) is 4.98 Å². The molecule has 1 N–H and O–H groups in total. The van der Waals surface area contributed by atoms with Crippen LogP contribution in [0.25, 0.3) is 0 Å². The maximum absolute atomic E-state index is 13.7. The normalized spacial score (nSPS) is 15.2. The molecule has 0 saturated heterocycles. The number of hydrogen-bond acceptors (Lipinski definition) is 5. The second-order valence-corrected chi connectivity index (χ2v) is 9.17. The number of amides is 2. The van der Waals surface area contributed by atoms with Gasteiger partial charge in [-0.2, -0.15) is 0 Å². The van der Waals surface area contributed by atoms with Crippen molar-refractivity contribution in [2.45, 2.75) is 57.7 Å². The van der Waals surface area contributed by atoms with Crippen LogP contribution in [0, 0.1) is 6.92 Å². The Labute approximate surface area is 192 Å². The Morgan fingerprint density at radius 2 is 1.91 bits per heavy atom. The Morgan fingerprint density at radius 1 is 1.12 bits per heavy atom. The summed E-state index contributed by atoms with van der Waals surface area (Å²) in [5.74, 6) is -0.436. The fraction of sp³-hybridized carbons (Fsp3) is 0.360. The number of rotatable bonds is 7. The Hall–Kier alpha value is -3.06. The van der Waals surface area contributed by atoms with E-state index in [-0.39, 0.29) is 23.6 Å². The summed E-state index contributed by atoms with van der Waals surface area (Å²) in [4.78, 5) is 38.1. The molecule has 6 nitrogen and oxygen atoms in total. The topological polar surface area (TPSA) is 75.2 Å². The quantitative estimate of drug-likeness (QED) is 0.569. The maximum atomic E-state index is 13.7. The van der Waals surface area contributed by atoms with E-state index in [1.165, 1.54) is 36.3 Å². The van der Waals surface area contributed by atoms with E-state index >= 15 is 0 Å². The van der Waals surface area contributed by atoms with Crippen LogP contribution in [0.4, 0.5) is 0 Å². The highest BCUT2D eigenvalue weighted by Crippen LogP contribution is 2.32. The maximum Gasteiger partial charge on any atom is 0.275 e. The molecular formula is C25H28N4O2S. The molecule has 2 heterocycles. The minimum atomic E-state index is -0.730. The van der Waals surface area contributed by atoms with Crippen molar-refractivity contribution in [2.24, 2.45) is 0 Å². The lowest BCUT2D eigenvalue weighted by molar-refractivity contribution is -0.127. The molecule has 1 saturated carbocycles. The van der Waals surface area contributed by atoms with Crippen molar-refractivity contribution >= 4 is 23.2 Å². The molecule has 3 aromatic rings. The van der Waals surface area contributed by atoms with E-state index in [1.807, 2.05) is 48.7 Å². The second-order valence-electron chi connectivity index (χ2n) is 8.22. The van der Waals surface area contributed by atoms with Gasteiger partial charge in [-0.05, 0) is 42.3 Å². The number of aryl methyl sites for hydroxylation is 1. The molecular weight excluding hydrogens is 420 g/mol. The highest BCUT2D eigenvalue weighted by molar-refractivity contribution is 7.10. The zero-order valence-electron chi connectivity index (χ0n) is 18.2. The van der Waals surface area contributed by atoms with Gasteiger partial charge in [-0.1, -0.05) is 49.6 Å². The van der Waals surface area contributed by atoms with Crippen molar-refractivity contribution < 1.29 is 9.59 Å². The summed E-state index contributed by atoms with van der Waals surface area (Å²) >= 11 is 1.51. The summed E-state index contributed by atoms with van der Waals surface area (Å²) in [6, 6.07) is 11.2. The summed E-state index contributed by atoms with van der Waals surface area (Å²) in [5, 5.41) is 5.22. The van der Waals surface area contributed by atoms with Gasteiger partial charge in [0.25, 0.3) is 5.91 Å². The van der Waals surface area contributed by atoms with Gasteiger partial charge in [0.1, 0.15) is 11.7 Å². The van der Waals surface area contributed by atoms with E-state index in [9.17, 15) is 9.59 Å². The number of hydrogen-bond donors (Lipinski definition) is 1. The largest absolute Gasteiger partial charge is 0.351 e. The van der Waals surface area contributed by atoms with Crippen LogP contribution in [0.5, 0.6) is 0 Å². The van der Waals surface area contributed by atoms with Crippen LogP contribution in [0.15, 0.2) is 60.4 Å². The van der Waals surface area contributed by atoms with E-state index < -0.39 is 6.04 Å². The first-order valence-corrected chi connectivity index (χ1v) is 12.0. The lowest BCUT2D eigenvalue weighted by atomic mass is 9.95. The first-order chi connectivity index (χ1) is 15.6. The summed E-state index contributed by atoms with van der Waals surface area (Å²) < 4.78 is 0. The number of carbonyl (C=O) groups is 2. The van der Waals surface area contributed by atoms with Gasteiger partial charge >= 0.3 is 0 Å². The van der Waals surface area contributed by atoms with Crippen molar-refractivity contribution in [2.75, 3.05) is 0 Å². The lowest BCUT2D eigenvalue weighted by Crippen LogP contribution is -2.47. The minimum Gasteiger partial charge on any atom is -0.351 e. The Kier molecular flexibility index (Phi) is 7.27. The van der Waals surface area contributed by atoms with Gasteiger partial charge in [0.15, 0.2) is 0 Å². The molecule has 1 atom stereocenters. The molecule has 2 aromatic heterocycles. The fourth-order valence-corrected chi connectivity index (χ4v) is 5.25. The molecule has 0 bridgehead atoms. The van der Waals surface area contributed by atoms with Gasteiger partial charge in [-0.3, -0.25) is 14.6 Å². The molecule has 0 spiro atoms. The van der Waals surface area contributed by atoms with Crippen LogP contribution >= 0.6 is 11.3 Å². The van der Waals surface area contributed by atoms with Crippen LogP contribution in [0.1, 0.15) is 64.6 Å². The van der Waals surface area contributed by atoms with Crippen LogP contribution in [0.3, 0.4) is 0 Å². The molecule has 4 rings (SSSR count). The molecule has 0 radical (unpaired) electrons. The predicted octanol–water partition coefficient (Wildman–Crippen LogP) is 4.68. The summed E-state index contributed by atoms with van der Waals surface area (Å²) in [7, 11) is 0. The Morgan fingerprint density at radius 3 is 2.56 bits per heavy atom. The third-order valence-corrected chi connectivity index (χ3v) is 6.97. The predicted molar refractivity (Wildman–Crippen MR) is 125 cm³/mol. The summed E-state index contributed by atoms with van der Waals surface area (Å²) in [5.41, 5.74) is 2.19. The van der Waals surface area contributed by atoms with Crippen molar-refractivity contribution in [1.29, 1.82) is 0 Å². The average Bonchev–Trinajstić information content (AvgIpc) is 3.25. The zero-order chi connectivity index (χ0) is 22.3. The van der Waals surface area contributed by atoms with Crippen LogP contribution in [-0.4, -0.2) is 32.7 Å². The summed E-state index contributed by atoms with van der Waals surface area (Å²) in [6.07, 6.45) is 9.93. The van der Waals surface area contributed by atoms with Gasteiger partial charge in [0.2, 0.25) is 5.91 Å². The minimum absolute atomic E-state index is 0.129. The zero-order valence-corrected chi connectivity index (χ0v) is 19.1. The van der Waals surface area contributed by atoms with Crippen molar-refractivity contribution in [3.8, 4) is 0 Å². The van der Waals surface area contributed by atoms with Crippen molar-refractivity contribution in [3.63, 3.8) is 0 Å². The molecule has 1 aliphatic rings. The third-order valence-electron chi connectivity index (χ3n) is 5.90. The van der Waals surface area contributed by atoms with Gasteiger partial charge in [0.05, 0.1) is 6.20 Å². The highest BCUT2D eigenvalue weighted by atomic mass is 32.1. The van der Waals surface area contributed by atoms with Crippen molar-refractivity contribution in [3.05, 3.63) is 82.1 Å². The fourth-order valence-electron chi connectivity index (χ4n) is 4.21. The lowest BCUT2D eigenvalue weighted by Gasteiger charge is -2.33. The monoisotopic (exact) mass is 448 g/mol. The molecule has 1 unspecified atom stereocenters. The molecule has 0 aliphatic heterocycles. The van der Waals surface area contributed by atoms with E-state index in [2.05, 4.69) is 15.3 Å². The van der Waals surface area contributed by atoms with Gasteiger partial charge in [0, 0.05) is 29.9 Å². The van der Waals surface area contributed by atoms with Gasteiger partial charge < -0.3 is 10.2 Å². The SMILES string of the molecule is Cc1ccsc1C(C(=O)NC1CCCCC1)N(Cc1ccccc1)C(=O)c1cnccn1. The first-order valence-electron chi connectivity index (χ1n) is 11.1. The summed E-state index contributed by atoms with van der Waals surface area (Å²) in [6.45, 7) is 2.29. The molecule has 2 amide bonds. The van der Waals surface area contributed by atoms with Crippen LogP contribution in [0.2, 0.25) is 0 Å². The molecule has 166 valence electrons. The number of aromatic nitrogens is 2. The number of carbonyl (C=O) groups excluding carboxylic acids is 2. The molecule has 32 heavy (non-hydrogen) atoms. The number of thiophene rings is 1. The smallest absolute Gasteiger partial charge is 0.275 e. The van der Waals surface area contributed by atoms with Crippen LogP contribution in [-0.2, 0) is 11.3 Å². The first kappa shape index (κ1) is 22.1. The van der Waals surface area contributed by atoms with E-state index in [1.54, 1.807) is 4.90 Å². The van der Waals surface area contributed by atoms with E-state index in [4.69, 9.17) is 0 Å². The van der Waals surface area contributed by atoms with Crippen molar-refractivity contribution in [1.82, 2.24) is 20.2 Å². The molecule has 1 fully saturated rings. The van der Waals surface area contributed by atoms with E-state index in [0.717, 1.165) is 41.7 Å². The molecule has 1 aliphatic carbocycles. The Balaban J connectivity index is 1.72. The van der Waals surface area contributed by atoms with Gasteiger partial charge in [-0.15, -0.1) is 11.3 Å². The Bertz CT molecular complexity index is 1030. The van der Waals surface area contributed by atoms with E-state index in [0.29, 0.717) is 6.54 Å². The standard InChI is InChI=1S/C25H28N4O2S/c1-18-12-15-32-23(18)22(24(30)28-20-10-6-3-7-11-20)29(17-19-8-4-2-5-9-19)25(31)21-16-26-13-14-27-21/h2,4-5,8-9,12-16,20,22H,3,6-7,10-11,17H2,1H3,(H,28,30). The number of nitrogens with one attached hydrogen (secondary N) is 1. The van der Waals surface area contributed by atoms with Crippen LogP contribution < -0.4 is 5.32 Å². The molecule has 7 heteroatoms. The third kappa shape index (κ3) is 5.22. The number of benzene rings is 1. The molecule has 1 aromatic carbocycles. The average molecular weight is 449 g/mol. The second kappa shape index (κ2) is 10.5. The highest BCUT2D eigenvalue weighted by Gasteiger charge is 2.35.